The lowest BCUT2D eigenvalue weighted by Crippen LogP contribution is -2.31. The molecule has 0 bridgehead atoms. The van der Waals surface area contributed by atoms with Gasteiger partial charge in [0.15, 0.2) is 5.82 Å². The van der Waals surface area contributed by atoms with E-state index in [1.54, 1.807) is 23.2 Å². The lowest BCUT2D eigenvalue weighted by atomic mass is 10.2. The number of pyridine rings is 1. The molecule has 23 heavy (non-hydrogen) atoms. The Bertz CT molecular complexity index is 654. The number of aromatic nitrogens is 3. The summed E-state index contributed by atoms with van der Waals surface area (Å²) in [4.78, 5) is 22.8. The second kappa shape index (κ2) is 7.71. The smallest absolute Gasteiger partial charge is 0.259 e. The van der Waals surface area contributed by atoms with Gasteiger partial charge in [-0.3, -0.25) is 4.79 Å². The third-order valence-electron chi connectivity index (χ3n) is 3.28. The molecule has 7 heteroatoms. The van der Waals surface area contributed by atoms with Crippen LogP contribution in [0.25, 0.3) is 0 Å². The number of hydrogen-bond donors (Lipinski definition) is 0. The fraction of sp³-hybridized carbons (Fsp3) is 0.500. The van der Waals surface area contributed by atoms with Gasteiger partial charge in [0.2, 0.25) is 11.8 Å². The molecule has 0 aliphatic heterocycles. The first-order valence-corrected chi connectivity index (χ1v) is 7.76. The van der Waals surface area contributed by atoms with Gasteiger partial charge in [-0.15, -0.1) is 0 Å². The van der Waals surface area contributed by atoms with Crippen LogP contribution in [0.4, 0.5) is 0 Å². The molecule has 0 fully saturated rings. The number of rotatable bonds is 7. The van der Waals surface area contributed by atoms with Crippen molar-refractivity contribution in [2.75, 3.05) is 13.2 Å². The van der Waals surface area contributed by atoms with E-state index in [0.29, 0.717) is 36.3 Å². The van der Waals surface area contributed by atoms with Crippen molar-refractivity contribution in [3.05, 3.63) is 35.6 Å². The summed E-state index contributed by atoms with van der Waals surface area (Å²) in [5.74, 6) is 1.41. The first-order chi connectivity index (χ1) is 11.1. The van der Waals surface area contributed by atoms with E-state index >= 15 is 0 Å². The molecule has 7 nitrogen and oxygen atoms in total. The summed E-state index contributed by atoms with van der Waals surface area (Å²) in [5.41, 5.74) is 0.430. The maximum absolute atomic E-state index is 12.7. The van der Waals surface area contributed by atoms with E-state index in [0.717, 1.165) is 0 Å². The molecule has 2 aromatic rings. The van der Waals surface area contributed by atoms with Crippen molar-refractivity contribution in [3.63, 3.8) is 0 Å². The minimum absolute atomic E-state index is 0.173. The highest BCUT2D eigenvalue weighted by Crippen LogP contribution is 2.18. The first-order valence-electron chi connectivity index (χ1n) is 7.76. The molecule has 0 aliphatic rings. The predicted molar refractivity (Wildman–Crippen MR) is 84.2 cm³/mol. The van der Waals surface area contributed by atoms with Crippen LogP contribution in [-0.4, -0.2) is 39.1 Å². The molecule has 0 aromatic carbocycles. The van der Waals surface area contributed by atoms with Crippen molar-refractivity contribution in [1.29, 1.82) is 0 Å². The van der Waals surface area contributed by atoms with E-state index in [1.165, 1.54) is 0 Å². The van der Waals surface area contributed by atoms with Crippen LogP contribution in [0.15, 0.2) is 22.9 Å². The zero-order valence-electron chi connectivity index (χ0n) is 13.9. The standard InChI is InChI=1S/C16H22N4O3/c1-5-20(10-13-18-14(11(3)4)19-23-13)16(21)12-8-7-9-17-15(12)22-6-2/h7-9,11H,5-6,10H2,1-4H3. The molecule has 0 saturated carbocycles. The second-order valence-electron chi connectivity index (χ2n) is 5.31. The lowest BCUT2D eigenvalue weighted by Gasteiger charge is -2.19. The molecule has 2 heterocycles. The van der Waals surface area contributed by atoms with Gasteiger partial charge in [-0.1, -0.05) is 19.0 Å². The van der Waals surface area contributed by atoms with E-state index in [4.69, 9.17) is 9.26 Å². The average molecular weight is 318 g/mol. The van der Waals surface area contributed by atoms with Crippen LogP contribution in [0, 0.1) is 0 Å². The van der Waals surface area contributed by atoms with Crippen LogP contribution >= 0.6 is 0 Å². The van der Waals surface area contributed by atoms with Gasteiger partial charge in [0.1, 0.15) is 12.1 Å². The highest BCUT2D eigenvalue weighted by atomic mass is 16.5. The normalized spacial score (nSPS) is 10.8. The van der Waals surface area contributed by atoms with Crippen LogP contribution in [0.1, 0.15) is 55.7 Å². The molecule has 0 unspecified atom stereocenters. The van der Waals surface area contributed by atoms with E-state index in [9.17, 15) is 4.79 Å². The Kier molecular flexibility index (Phi) is 5.67. The van der Waals surface area contributed by atoms with Crippen LogP contribution in [0.3, 0.4) is 0 Å². The molecule has 0 atom stereocenters. The monoisotopic (exact) mass is 318 g/mol. The molecule has 0 radical (unpaired) electrons. The molecule has 1 amide bonds. The summed E-state index contributed by atoms with van der Waals surface area (Å²) in [6.45, 7) is 8.95. The number of carbonyl (C=O) groups is 1. The van der Waals surface area contributed by atoms with Gasteiger partial charge in [0.05, 0.1) is 6.61 Å². The molecule has 2 aromatic heterocycles. The van der Waals surface area contributed by atoms with Gasteiger partial charge in [0, 0.05) is 18.7 Å². The maximum atomic E-state index is 12.7. The van der Waals surface area contributed by atoms with Gasteiger partial charge in [0.25, 0.3) is 5.91 Å². The Labute approximate surface area is 135 Å². The molecule has 0 aliphatic carbocycles. The van der Waals surface area contributed by atoms with Crippen molar-refractivity contribution in [1.82, 2.24) is 20.0 Å². The summed E-state index contributed by atoms with van der Waals surface area (Å²) in [7, 11) is 0. The van der Waals surface area contributed by atoms with Gasteiger partial charge in [-0.25, -0.2) is 4.98 Å². The molecule has 2 rings (SSSR count). The second-order valence-corrected chi connectivity index (χ2v) is 5.31. The SMILES string of the molecule is CCOc1ncccc1C(=O)N(CC)Cc1nc(C(C)C)no1. The van der Waals surface area contributed by atoms with Crippen LogP contribution in [0.5, 0.6) is 5.88 Å². The zero-order chi connectivity index (χ0) is 16.8. The molecule has 0 saturated heterocycles. The zero-order valence-corrected chi connectivity index (χ0v) is 13.9. The van der Waals surface area contributed by atoms with Crippen molar-refractivity contribution < 1.29 is 14.1 Å². The van der Waals surface area contributed by atoms with Gasteiger partial charge in [-0.05, 0) is 26.0 Å². The predicted octanol–water partition coefficient (Wildman–Crippen LogP) is 2.65. The number of amides is 1. The highest BCUT2D eigenvalue weighted by molar-refractivity contribution is 5.96. The van der Waals surface area contributed by atoms with Crippen molar-refractivity contribution in [3.8, 4) is 5.88 Å². The number of hydrogen-bond acceptors (Lipinski definition) is 6. The Morgan fingerprint density at radius 2 is 2.17 bits per heavy atom. The maximum Gasteiger partial charge on any atom is 0.259 e. The van der Waals surface area contributed by atoms with Crippen LogP contribution in [-0.2, 0) is 6.54 Å². The third-order valence-corrected chi connectivity index (χ3v) is 3.28. The minimum atomic E-state index is -0.173. The van der Waals surface area contributed by atoms with Crippen molar-refractivity contribution in [2.24, 2.45) is 0 Å². The molecular formula is C16H22N4O3. The molecule has 0 spiro atoms. The molecular weight excluding hydrogens is 296 g/mol. The Morgan fingerprint density at radius 1 is 1.39 bits per heavy atom. The van der Waals surface area contributed by atoms with E-state index < -0.39 is 0 Å². The lowest BCUT2D eigenvalue weighted by molar-refractivity contribution is 0.0729. The van der Waals surface area contributed by atoms with Crippen molar-refractivity contribution in [2.45, 2.75) is 40.2 Å². The third kappa shape index (κ3) is 4.06. The molecule has 124 valence electrons. The minimum Gasteiger partial charge on any atom is -0.477 e. The summed E-state index contributed by atoms with van der Waals surface area (Å²) in [6, 6.07) is 3.42. The average Bonchev–Trinajstić information content (AvgIpc) is 3.02. The summed E-state index contributed by atoms with van der Waals surface area (Å²) in [6.07, 6.45) is 1.60. The van der Waals surface area contributed by atoms with E-state index in [1.807, 2.05) is 27.7 Å². The number of nitrogens with zero attached hydrogens (tertiary/aromatic N) is 4. The molecule has 0 N–H and O–H groups in total. The Hall–Kier alpha value is -2.44. The Balaban J connectivity index is 2.18. The highest BCUT2D eigenvalue weighted by Gasteiger charge is 2.22. The first kappa shape index (κ1) is 16.9. The van der Waals surface area contributed by atoms with E-state index in [2.05, 4.69) is 15.1 Å². The summed E-state index contributed by atoms with van der Waals surface area (Å²) < 4.78 is 10.6. The van der Waals surface area contributed by atoms with Crippen LogP contribution < -0.4 is 4.74 Å². The fourth-order valence-electron chi connectivity index (χ4n) is 2.03. The summed E-state index contributed by atoms with van der Waals surface area (Å²) in [5, 5.41) is 3.92. The van der Waals surface area contributed by atoms with Gasteiger partial charge in [-0.2, -0.15) is 4.98 Å². The number of ether oxygens (including phenoxy) is 1. The van der Waals surface area contributed by atoms with Crippen LogP contribution in [0.2, 0.25) is 0 Å². The largest absolute Gasteiger partial charge is 0.477 e. The van der Waals surface area contributed by atoms with Crippen molar-refractivity contribution >= 4 is 5.91 Å². The topological polar surface area (TPSA) is 81.4 Å². The summed E-state index contributed by atoms with van der Waals surface area (Å²) >= 11 is 0. The van der Waals surface area contributed by atoms with Gasteiger partial charge >= 0.3 is 0 Å². The van der Waals surface area contributed by atoms with E-state index in [-0.39, 0.29) is 18.4 Å². The number of carbonyl (C=O) groups excluding carboxylic acids is 1. The fourth-order valence-corrected chi connectivity index (χ4v) is 2.03. The quantitative estimate of drug-likeness (QED) is 0.780. The van der Waals surface area contributed by atoms with Gasteiger partial charge < -0.3 is 14.2 Å². The Morgan fingerprint density at radius 3 is 2.78 bits per heavy atom.